The van der Waals surface area contributed by atoms with Crippen LogP contribution in [0.25, 0.3) is 0 Å². The van der Waals surface area contributed by atoms with Gasteiger partial charge in [0.15, 0.2) is 0 Å². The number of nitrogens with one attached hydrogen (secondary N) is 1. The van der Waals surface area contributed by atoms with Crippen LogP contribution in [0.2, 0.25) is 0 Å². The predicted octanol–water partition coefficient (Wildman–Crippen LogP) is 1.96. The van der Waals surface area contributed by atoms with Gasteiger partial charge in [0.1, 0.15) is 10.8 Å². The first-order valence-corrected chi connectivity index (χ1v) is 8.55. The number of pyridine rings is 1. The number of aromatic nitrogens is 1. The van der Waals surface area contributed by atoms with Crippen molar-refractivity contribution in [1.29, 1.82) is 0 Å². The SMILES string of the molecule is COCc1ccc(CNC(=O)C[S@](=O)c2ccc(C)cn2)cc1. The molecule has 122 valence electrons. The molecule has 0 bridgehead atoms. The van der Waals surface area contributed by atoms with Crippen molar-refractivity contribution in [3.8, 4) is 0 Å². The molecule has 1 heterocycles. The second-order valence-electron chi connectivity index (χ2n) is 5.19. The lowest BCUT2D eigenvalue weighted by Crippen LogP contribution is -2.28. The fourth-order valence-corrected chi connectivity index (χ4v) is 2.83. The van der Waals surface area contributed by atoms with Crippen LogP contribution in [-0.2, 0) is 33.5 Å². The average molecular weight is 332 g/mol. The fraction of sp³-hybridized carbons (Fsp3) is 0.294. The van der Waals surface area contributed by atoms with Gasteiger partial charge in [-0.3, -0.25) is 9.00 Å². The van der Waals surface area contributed by atoms with Crippen molar-refractivity contribution >= 4 is 16.7 Å². The highest BCUT2D eigenvalue weighted by molar-refractivity contribution is 7.85. The van der Waals surface area contributed by atoms with E-state index in [1.807, 2.05) is 37.3 Å². The highest BCUT2D eigenvalue weighted by atomic mass is 32.2. The minimum atomic E-state index is -1.43. The largest absolute Gasteiger partial charge is 0.380 e. The Morgan fingerprint density at radius 2 is 1.87 bits per heavy atom. The minimum absolute atomic E-state index is 0.0855. The van der Waals surface area contributed by atoms with Crippen molar-refractivity contribution in [2.75, 3.05) is 12.9 Å². The fourth-order valence-electron chi connectivity index (χ4n) is 1.95. The standard InChI is InChI=1S/C17H20N2O3S/c1-13-3-8-17(19-9-13)23(21)12-16(20)18-10-14-4-6-15(7-5-14)11-22-2/h3-9H,10-12H2,1-2H3,(H,18,20)/t23-/m0/s1. The van der Waals surface area contributed by atoms with E-state index in [9.17, 15) is 9.00 Å². The molecule has 0 saturated carbocycles. The highest BCUT2D eigenvalue weighted by Crippen LogP contribution is 2.06. The van der Waals surface area contributed by atoms with Crippen molar-refractivity contribution in [1.82, 2.24) is 10.3 Å². The second kappa shape index (κ2) is 8.55. The van der Waals surface area contributed by atoms with Crippen molar-refractivity contribution in [3.63, 3.8) is 0 Å². The molecular weight excluding hydrogens is 312 g/mol. The third-order valence-electron chi connectivity index (χ3n) is 3.20. The van der Waals surface area contributed by atoms with E-state index in [0.29, 0.717) is 18.2 Å². The maximum absolute atomic E-state index is 12.1. The summed E-state index contributed by atoms with van der Waals surface area (Å²) in [7, 11) is 0.224. The van der Waals surface area contributed by atoms with Gasteiger partial charge in [-0.1, -0.05) is 30.3 Å². The molecule has 1 atom stereocenters. The van der Waals surface area contributed by atoms with E-state index in [4.69, 9.17) is 4.74 Å². The zero-order valence-corrected chi connectivity index (χ0v) is 14.1. The third kappa shape index (κ3) is 5.58. The Labute approximate surface area is 138 Å². The number of amides is 1. The van der Waals surface area contributed by atoms with Gasteiger partial charge in [-0.2, -0.15) is 0 Å². The number of nitrogens with zero attached hydrogens (tertiary/aromatic N) is 1. The lowest BCUT2D eigenvalue weighted by atomic mass is 10.1. The van der Waals surface area contributed by atoms with Gasteiger partial charge in [0.25, 0.3) is 0 Å². The van der Waals surface area contributed by atoms with Gasteiger partial charge in [-0.25, -0.2) is 4.98 Å². The number of rotatable bonds is 7. The first-order chi connectivity index (χ1) is 11.1. The number of carbonyl (C=O) groups is 1. The maximum Gasteiger partial charge on any atom is 0.233 e. The quantitative estimate of drug-likeness (QED) is 0.841. The molecule has 6 heteroatoms. The summed E-state index contributed by atoms with van der Waals surface area (Å²) in [5.41, 5.74) is 3.05. The average Bonchev–Trinajstić information content (AvgIpc) is 2.55. The lowest BCUT2D eigenvalue weighted by Gasteiger charge is -2.06. The van der Waals surface area contributed by atoms with Crippen LogP contribution < -0.4 is 5.32 Å². The van der Waals surface area contributed by atoms with Crippen LogP contribution in [0.15, 0.2) is 47.6 Å². The molecule has 0 aliphatic heterocycles. The Hall–Kier alpha value is -2.05. The molecule has 0 aliphatic carbocycles. The van der Waals surface area contributed by atoms with E-state index >= 15 is 0 Å². The van der Waals surface area contributed by atoms with Crippen molar-refractivity contribution in [2.45, 2.75) is 25.1 Å². The summed E-state index contributed by atoms with van der Waals surface area (Å²) in [6.07, 6.45) is 1.65. The Morgan fingerprint density at radius 1 is 1.17 bits per heavy atom. The number of carbonyl (C=O) groups excluding carboxylic acids is 1. The first-order valence-electron chi connectivity index (χ1n) is 7.23. The van der Waals surface area contributed by atoms with Gasteiger partial charge in [-0.05, 0) is 29.7 Å². The van der Waals surface area contributed by atoms with E-state index in [-0.39, 0.29) is 11.7 Å². The number of aryl methyl sites for hydroxylation is 1. The monoisotopic (exact) mass is 332 g/mol. The predicted molar refractivity (Wildman–Crippen MR) is 89.3 cm³/mol. The summed E-state index contributed by atoms with van der Waals surface area (Å²) in [5, 5.41) is 3.20. The molecule has 1 aromatic carbocycles. The summed E-state index contributed by atoms with van der Waals surface area (Å²) in [6.45, 7) is 2.88. The number of ether oxygens (including phenoxy) is 1. The molecule has 0 saturated heterocycles. The van der Waals surface area contributed by atoms with Gasteiger partial charge in [0, 0.05) is 19.9 Å². The van der Waals surface area contributed by atoms with Crippen LogP contribution in [-0.4, -0.2) is 28.0 Å². The maximum atomic E-state index is 12.1. The number of benzene rings is 1. The lowest BCUT2D eigenvalue weighted by molar-refractivity contribution is -0.118. The molecule has 0 unspecified atom stereocenters. The summed E-state index contributed by atoms with van der Waals surface area (Å²) in [6, 6.07) is 11.3. The van der Waals surface area contributed by atoms with Crippen LogP contribution in [0.4, 0.5) is 0 Å². The molecule has 1 amide bonds. The summed E-state index contributed by atoms with van der Waals surface area (Å²) in [4.78, 5) is 16.0. The summed E-state index contributed by atoms with van der Waals surface area (Å²) in [5.74, 6) is -0.343. The summed E-state index contributed by atoms with van der Waals surface area (Å²) >= 11 is 0. The molecule has 0 aliphatic rings. The molecule has 1 N–H and O–H groups in total. The van der Waals surface area contributed by atoms with Gasteiger partial charge < -0.3 is 10.1 Å². The van der Waals surface area contributed by atoms with Gasteiger partial charge in [0.2, 0.25) is 5.91 Å². The Kier molecular flexibility index (Phi) is 6.43. The molecule has 5 nitrogen and oxygen atoms in total. The van der Waals surface area contributed by atoms with Gasteiger partial charge >= 0.3 is 0 Å². The number of hydrogen-bond acceptors (Lipinski definition) is 4. The Bertz CT molecular complexity index is 669. The van der Waals surface area contributed by atoms with Crippen molar-refractivity contribution in [3.05, 3.63) is 59.3 Å². The normalized spacial score (nSPS) is 11.9. The molecule has 23 heavy (non-hydrogen) atoms. The van der Waals surface area contributed by atoms with Crippen molar-refractivity contribution in [2.24, 2.45) is 0 Å². The number of hydrogen-bond donors (Lipinski definition) is 1. The second-order valence-corrected chi connectivity index (χ2v) is 6.59. The molecule has 1 aromatic heterocycles. The molecule has 0 fully saturated rings. The van der Waals surface area contributed by atoms with E-state index in [1.165, 1.54) is 0 Å². The van der Waals surface area contributed by atoms with E-state index in [2.05, 4.69) is 10.3 Å². The van der Waals surface area contributed by atoms with Gasteiger partial charge in [-0.15, -0.1) is 0 Å². The molecular formula is C17H20N2O3S. The third-order valence-corrected chi connectivity index (χ3v) is 4.44. The number of methoxy groups -OCH3 is 1. The van der Waals surface area contributed by atoms with Crippen molar-refractivity contribution < 1.29 is 13.7 Å². The smallest absolute Gasteiger partial charge is 0.233 e. The minimum Gasteiger partial charge on any atom is -0.380 e. The molecule has 2 aromatic rings. The van der Waals surface area contributed by atoms with Crippen LogP contribution >= 0.6 is 0 Å². The topological polar surface area (TPSA) is 68.3 Å². The molecule has 0 radical (unpaired) electrons. The van der Waals surface area contributed by atoms with Gasteiger partial charge in [0.05, 0.1) is 17.4 Å². The Morgan fingerprint density at radius 3 is 2.48 bits per heavy atom. The molecule has 2 rings (SSSR count). The Balaban J connectivity index is 1.82. The van der Waals surface area contributed by atoms with E-state index in [1.54, 1.807) is 19.4 Å². The first kappa shape index (κ1) is 17.3. The zero-order chi connectivity index (χ0) is 16.7. The van der Waals surface area contributed by atoms with E-state index in [0.717, 1.165) is 16.7 Å². The zero-order valence-electron chi connectivity index (χ0n) is 13.2. The van der Waals surface area contributed by atoms with Crippen LogP contribution in [0.1, 0.15) is 16.7 Å². The molecule has 0 spiro atoms. The summed E-state index contributed by atoms with van der Waals surface area (Å²) < 4.78 is 17.1. The van der Waals surface area contributed by atoms with E-state index < -0.39 is 10.8 Å². The van der Waals surface area contributed by atoms with Crippen LogP contribution in [0.5, 0.6) is 0 Å². The van der Waals surface area contributed by atoms with Crippen LogP contribution in [0.3, 0.4) is 0 Å². The van der Waals surface area contributed by atoms with Crippen LogP contribution in [0, 0.1) is 6.92 Å². The highest BCUT2D eigenvalue weighted by Gasteiger charge is 2.11.